The fraction of sp³-hybridized carbons (Fsp3) is 0.375. The Hall–Kier alpha value is -1.66. The van der Waals surface area contributed by atoms with Crippen molar-refractivity contribution in [1.82, 2.24) is 15.6 Å². The van der Waals surface area contributed by atoms with Crippen LogP contribution in [0.4, 0.5) is 4.39 Å². The molecule has 0 fully saturated rings. The highest BCUT2D eigenvalue weighted by Gasteiger charge is 2.08. The first kappa shape index (κ1) is 17.7. The Morgan fingerprint density at radius 1 is 1.35 bits per heavy atom. The van der Waals surface area contributed by atoms with Gasteiger partial charge in [0.05, 0.1) is 12.2 Å². The molecule has 0 saturated heterocycles. The Morgan fingerprint density at radius 2 is 2.13 bits per heavy atom. The number of guanidine groups is 1. The molecule has 124 valence electrons. The summed E-state index contributed by atoms with van der Waals surface area (Å²) < 4.78 is 13.7. The van der Waals surface area contributed by atoms with Gasteiger partial charge in [0, 0.05) is 29.1 Å². The van der Waals surface area contributed by atoms with Gasteiger partial charge in [-0.25, -0.2) is 9.37 Å². The standard InChI is InChI=1S/C16H20ClFN4S/c1-10-11(2)23-15(22-10)9-21-16(19-3)20-8-7-12-13(17)5-4-6-14(12)18/h4-6H,7-9H2,1-3H3,(H2,19,20,21). The zero-order chi connectivity index (χ0) is 16.8. The number of aliphatic imine (C=N–C) groups is 1. The van der Waals surface area contributed by atoms with Crippen molar-refractivity contribution in [2.75, 3.05) is 13.6 Å². The largest absolute Gasteiger partial charge is 0.356 e. The maximum Gasteiger partial charge on any atom is 0.191 e. The van der Waals surface area contributed by atoms with Crippen LogP contribution in [-0.4, -0.2) is 24.5 Å². The van der Waals surface area contributed by atoms with Crippen LogP contribution in [0.15, 0.2) is 23.2 Å². The van der Waals surface area contributed by atoms with Crippen LogP contribution in [0.1, 0.15) is 21.1 Å². The van der Waals surface area contributed by atoms with Crippen LogP contribution in [0.5, 0.6) is 0 Å². The van der Waals surface area contributed by atoms with E-state index in [4.69, 9.17) is 11.6 Å². The fourth-order valence-electron chi connectivity index (χ4n) is 2.07. The van der Waals surface area contributed by atoms with Crippen LogP contribution in [0.2, 0.25) is 5.02 Å². The summed E-state index contributed by atoms with van der Waals surface area (Å²) in [5, 5.41) is 7.82. The van der Waals surface area contributed by atoms with E-state index in [9.17, 15) is 4.39 Å². The van der Waals surface area contributed by atoms with Gasteiger partial charge in [0.25, 0.3) is 0 Å². The van der Waals surface area contributed by atoms with E-state index in [1.165, 1.54) is 10.9 Å². The monoisotopic (exact) mass is 354 g/mol. The van der Waals surface area contributed by atoms with E-state index in [1.54, 1.807) is 30.5 Å². The lowest BCUT2D eigenvalue weighted by atomic mass is 10.1. The number of hydrogen-bond donors (Lipinski definition) is 2. The highest BCUT2D eigenvalue weighted by Crippen LogP contribution is 2.19. The Balaban J connectivity index is 1.83. The number of hydrogen-bond acceptors (Lipinski definition) is 3. The molecule has 0 radical (unpaired) electrons. The minimum absolute atomic E-state index is 0.281. The lowest BCUT2D eigenvalue weighted by molar-refractivity contribution is 0.607. The maximum absolute atomic E-state index is 13.7. The molecular weight excluding hydrogens is 335 g/mol. The molecule has 0 aliphatic rings. The number of aryl methyl sites for hydroxylation is 2. The molecule has 0 amide bonds. The van der Waals surface area contributed by atoms with Gasteiger partial charge in [-0.15, -0.1) is 11.3 Å². The van der Waals surface area contributed by atoms with E-state index in [-0.39, 0.29) is 5.82 Å². The van der Waals surface area contributed by atoms with Crippen LogP contribution in [0.25, 0.3) is 0 Å². The van der Waals surface area contributed by atoms with Crippen LogP contribution in [0.3, 0.4) is 0 Å². The van der Waals surface area contributed by atoms with E-state index >= 15 is 0 Å². The van der Waals surface area contributed by atoms with Crippen LogP contribution < -0.4 is 10.6 Å². The second-order valence-corrected chi connectivity index (χ2v) is 6.75. The molecule has 0 saturated carbocycles. The summed E-state index contributed by atoms with van der Waals surface area (Å²) in [6, 6.07) is 4.72. The number of rotatable bonds is 5. The molecule has 2 N–H and O–H groups in total. The molecule has 0 spiro atoms. The van der Waals surface area contributed by atoms with Crippen molar-refractivity contribution in [3.63, 3.8) is 0 Å². The summed E-state index contributed by atoms with van der Waals surface area (Å²) in [6.07, 6.45) is 0.488. The highest BCUT2D eigenvalue weighted by molar-refractivity contribution is 7.11. The molecule has 1 aromatic heterocycles. The normalized spacial score (nSPS) is 11.6. The van der Waals surface area contributed by atoms with Gasteiger partial charge in [-0.1, -0.05) is 17.7 Å². The van der Waals surface area contributed by atoms with Gasteiger partial charge in [-0.2, -0.15) is 0 Å². The Morgan fingerprint density at radius 3 is 2.74 bits per heavy atom. The van der Waals surface area contributed by atoms with E-state index in [2.05, 4.69) is 27.5 Å². The van der Waals surface area contributed by atoms with Gasteiger partial charge < -0.3 is 10.6 Å². The quantitative estimate of drug-likeness (QED) is 0.638. The molecule has 7 heteroatoms. The minimum Gasteiger partial charge on any atom is -0.356 e. The Bertz CT molecular complexity index is 660. The van der Waals surface area contributed by atoms with Gasteiger partial charge >= 0.3 is 0 Å². The van der Waals surface area contributed by atoms with Crippen molar-refractivity contribution >= 4 is 28.9 Å². The summed E-state index contributed by atoms with van der Waals surface area (Å²) in [5.41, 5.74) is 1.58. The van der Waals surface area contributed by atoms with Crippen molar-refractivity contribution in [1.29, 1.82) is 0 Å². The highest BCUT2D eigenvalue weighted by atomic mass is 35.5. The number of benzene rings is 1. The fourth-order valence-corrected chi connectivity index (χ4v) is 3.20. The lowest BCUT2D eigenvalue weighted by Gasteiger charge is -2.11. The average molecular weight is 355 g/mol. The van der Waals surface area contributed by atoms with E-state index in [0.29, 0.717) is 36.1 Å². The van der Waals surface area contributed by atoms with Crippen molar-refractivity contribution < 1.29 is 4.39 Å². The topological polar surface area (TPSA) is 49.3 Å². The zero-order valence-electron chi connectivity index (χ0n) is 13.4. The molecule has 2 rings (SSSR count). The molecule has 4 nitrogen and oxygen atoms in total. The summed E-state index contributed by atoms with van der Waals surface area (Å²) in [5.74, 6) is 0.374. The van der Waals surface area contributed by atoms with Crippen molar-refractivity contribution in [2.24, 2.45) is 4.99 Å². The zero-order valence-corrected chi connectivity index (χ0v) is 15.0. The molecule has 0 atom stereocenters. The second-order valence-electron chi connectivity index (χ2n) is 5.05. The number of nitrogens with zero attached hydrogens (tertiary/aromatic N) is 2. The maximum atomic E-state index is 13.7. The predicted molar refractivity (Wildman–Crippen MR) is 94.9 cm³/mol. The van der Waals surface area contributed by atoms with Gasteiger partial charge in [0.15, 0.2) is 5.96 Å². The van der Waals surface area contributed by atoms with Gasteiger partial charge in [-0.05, 0) is 32.4 Å². The molecule has 0 bridgehead atoms. The Kier molecular flexibility index (Phi) is 6.36. The molecular formula is C16H20ClFN4S. The summed E-state index contributed by atoms with van der Waals surface area (Å²) in [7, 11) is 1.70. The third kappa shape index (κ3) is 4.91. The molecule has 1 heterocycles. The van der Waals surface area contributed by atoms with Crippen LogP contribution in [0, 0.1) is 19.7 Å². The lowest BCUT2D eigenvalue weighted by Crippen LogP contribution is -2.37. The first-order valence-electron chi connectivity index (χ1n) is 7.31. The molecule has 0 aliphatic carbocycles. The molecule has 1 aromatic carbocycles. The minimum atomic E-state index is -0.281. The third-order valence-electron chi connectivity index (χ3n) is 3.43. The van der Waals surface area contributed by atoms with Crippen molar-refractivity contribution in [2.45, 2.75) is 26.8 Å². The Labute approximate surface area is 144 Å². The van der Waals surface area contributed by atoms with Gasteiger partial charge in [0.1, 0.15) is 10.8 Å². The van der Waals surface area contributed by atoms with Gasteiger partial charge in [-0.3, -0.25) is 4.99 Å². The third-order valence-corrected chi connectivity index (χ3v) is 4.86. The summed E-state index contributed by atoms with van der Waals surface area (Å²) in [4.78, 5) is 9.85. The van der Waals surface area contributed by atoms with Crippen molar-refractivity contribution in [3.8, 4) is 0 Å². The van der Waals surface area contributed by atoms with Gasteiger partial charge in [0.2, 0.25) is 0 Å². The molecule has 0 aliphatic heterocycles. The van der Waals surface area contributed by atoms with E-state index in [0.717, 1.165) is 10.7 Å². The SMILES string of the molecule is CN=C(NCCc1c(F)cccc1Cl)NCc1nc(C)c(C)s1. The van der Waals surface area contributed by atoms with Crippen LogP contribution in [-0.2, 0) is 13.0 Å². The second kappa shape index (κ2) is 8.26. The van der Waals surface area contributed by atoms with Crippen LogP contribution >= 0.6 is 22.9 Å². The number of halogens is 2. The first-order chi connectivity index (χ1) is 11.0. The number of aromatic nitrogens is 1. The first-order valence-corrected chi connectivity index (χ1v) is 8.51. The predicted octanol–water partition coefficient (Wildman–Crippen LogP) is 3.46. The number of nitrogens with one attached hydrogen (secondary N) is 2. The van der Waals surface area contributed by atoms with E-state index < -0.39 is 0 Å². The smallest absolute Gasteiger partial charge is 0.191 e. The van der Waals surface area contributed by atoms with Crippen molar-refractivity contribution in [3.05, 3.63) is 50.2 Å². The average Bonchev–Trinajstić information content (AvgIpc) is 2.84. The summed E-state index contributed by atoms with van der Waals surface area (Å²) in [6.45, 7) is 5.21. The molecule has 23 heavy (non-hydrogen) atoms. The molecule has 0 unspecified atom stereocenters. The van der Waals surface area contributed by atoms with E-state index in [1.807, 2.05) is 6.92 Å². The summed E-state index contributed by atoms with van der Waals surface area (Å²) >= 11 is 7.68. The number of thiazole rings is 1. The molecule has 2 aromatic rings.